The van der Waals surface area contributed by atoms with Gasteiger partial charge in [0.05, 0.1) is 0 Å². The van der Waals surface area contributed by atoms with Gasteiger partial charge in [-0.25, -0.2) is 0 Å². The normalized spacial score (nSPS) is 9.37. The van der Waals surface area contributed by atoms with Gasteiger partial charge >= 0.3 is 0 Å². The Morgan fingerprint density at radius 1 is 0.895 bits per heavy atom. The van der Waals surface area contributed by atoms with Crippen LogP contribution in [0.1, 0.15) is 55.4 Å². The number of allylic oxidation sites excluding steroid dienone is 6. The second kappa shape index (κ2) is 30.0. The Kier molecular flexibility index (Phi) is 41.2. The molecule has 0 fully saturated rings. The standard InChI is InChI=1S/C12H16O.3C2H6/c1-5-8-9-10-11(4)13-12(6-2)7-3;3*1-2/h5-10H,2,4H2,1,3H3;3*1-2H3/b8-5-,10-9-,12-7+;;;. The SMILES string of the molecule is C=C/C(=C\C)OC(=C)/C=C\C=C/C.CC.CC.CC. The number of ether oxygens (including phenoxy) is 1. The molecule has 0 aliphatic heterocycles. The Labute approximate surface area is 122 Å². The maximum Gasteiger partial charge on any atom is 0.122 e. The minimum atomic E-state index is 0.603. The third-order valence-electron chi connectivity index (χ3n) is 1.32. The summed E-state index contributed by atoms with van der Waals surface area (Å²) in [5.41, 5.74) is 0. The van der Waals surface area contributed by atoms with E-state index in [4.69, 9.17) is 4.74 Å². The molecule has 112 valence electrons. The lowest BCUT2D eigenvalue weighted by Gasteiger charge is -2.03. The third-order valence-corrected chi connectivity index (χ3v) is 1.32. The van der Waals surface area contributed by atoms with Crippen molar-refractivity contribution in [3.05, 3.63) is 61.1 Å². The van der Waals surface area contributed by atoms with Gasteiger partial charge in [0.1, 0.15) is 11.5 Å². The molecule has 0 aliphatic carbocycles. The molecule has 0 aromatic rings. The summed E-state index contributed by atoms with van der Waals surface area (Å²) in [6.45, 7) is 23.2. The maximum absolute atomic E-state index is 5.32. The zero-order valence-corrected chi connectivity index (χ0v) is 14.3. The summed E-state index contributed by atoms with van der Waals surface area (Å²) in [5.74, 6) is 1.32. The summed E-state index contributed by atoms with van der Waals surface area (Å²) >= 11 is 0. The van der Waals surface area contributed by atoms with Crippen molar-refractivity contribution in [2.75, 3.05) is 0 Å². The van der Waals surface area contributed by atoms with Gasteiger partial charge in [0.25, 0.3) is 0 Å². The Morgan fingerprint density at radius 3 is 1.68 bits per heavy atom. The highest BCUT2D eigenvalue weighted by atomic mass is 16.5. The molecular weight excluding hydrogens is 232 g/mol. The van der Waals surface area contributed by atoms with E-state index in [2.05, 4.69) is 13.2 Å². The predicted octanol–water partition coefficient (Wildman–Crippen LogP) is 6.82. The first-order valence-corrected chi connectivity index (χ1v) is 7.19. The molecule has 1 heteroatoms. The van der Waals surface area contributed by atoms with Gasteiger partial charge in [0.15, 0.2) is 0 Å². The molecule has 0 aromatic carbocycles. The lowest BCUT2D eigenvalue weighted by Crippen LogP contribution is -1.85. The molecule has 0 aromatic heterocycles. The molecule has 0 spiro atoms. The van der Waals surface area contributed by atoms with Crippen LogP contribution in [0.2, 0.25) is 0 Å². The van der Waals surface area contributed by atoms with E-state index in [1.54, 1.807) is 12.2 Å². The molecule has 0 atom stereocenters. The fourth-order valence-corrected chi connectivity index (χ4v) is 0.678. The van der Waals surface area contributed by atoms with Crippen LogP contribution in [0.3, 0.4) is 0 Å². The molecular formula is C18H34O. The molecule has 0 aliphatic rings. The second-order valence-electron chi connectivity index (χ2n) is 2.35. The molecule has 1 nitrogen and oxygen atoms in total. The van der Waals surface area contributed by atoms with Gasteiger partial charge in [-0.2, -0.15) is 0 Å². The molecule has 0 N–H and O–H groups in total. The highest BCUT2D eigenvalue weighted by Crippen LogP contribution is 2.06. The van der Waals surface area contributed by atoms with E-state index < -0.39 is 0 Å². The summed E-state index contributed by atoms with van der Waals surface area (Å²) in [6.07, 6.45) is 11.0. The van der Waals surface area contributed by atoms with E-state index in [0.717, 1.165) is 5.76 Å². The van der Waals surface area contributed by atoms with Gasteiger partial charge in [-0.05, 0) is 32.1 Å². The van der Waals surface area contributed by atoms with Crippen molar-refractivity contribution < 1.29 is 4.74 Å². The number of hydrogen-bond donors (Lipinski definition) is 0. The maximum atomic E-state index is 5.32. The van der Waals surface area contributed by atoms with Gasteiger partial charge in [-0.15, -0.1) is 0 Å². The van der Waals surface area contributed by atoms with Crippen molar-refractivity contribution in [1.29, 1.82) is 0 Å². The first-order chi connectivity index (χ1) is 9.24. The van der Waals surface area contributed by atoms with Gasteiger partial charge < -0.3 is 4.74 Å². The summed E-state index contributed by atoms with van der Waals surface area (Å²) in [7, 11) is 0. The molecule has 0 rings (SSSR count). The summed E-state index contributed by atoms with van der Waals surface area (Å²) in [4.78, 5) is 0. The summed E-state index contributed by atoms with van der Waals surface area (Å²) < 4.78 is 5.32. The minimum absolute atomic E-state index is 0.603. The van der Waals surface area contributed by atoms with E-state index in [9.17, 15) is 0 Å². The van der Waals surface area contributed by atoms with E-state index in [0.29, 0.717) is 5.76 Å². The van der Waals surface area contributed by atoms with E-state index in [1.807, 2.05) is 79.7 Å². The highest BCUT2D eigenvalue weighted by Gasteiger charge is 1.90. The molecule has 0 saturated heterocycles. The smallest absolute Gasteiger partial charge is 0.122 e. The number of rotatable bonds is 5. The van der Waals surface area contributed by atoms with Crippen LogP contribution in [0.15, 0.2) is 61.1 Å². The summed E-state index contributed by atoms with van der Waals surface area (Å²) in [5, 5.41) is 0. The highest BCUT2D eigenvalue weighted by molar-refractivity contribution is 5.18. The van der Waals surface area contributed by atoms with E-state index in [1.165, 1.54) is 0 Å². The van der Waals surface area contributed by atoms with Crippen molar-refractivity contribution in [2.24, 2.45) is 0 Å². The lowest BCUT2D eigenvalue weighted by atomic mass is 10.4. The van der Waals surface area contributed by atoms with Gasteiger partial charge in [-0.1, -0.05) is 72.9 Å². The van der Waals surface area contributed by atoms with Crippen molar-refractivity contribution in [2.45, 2.75) is 55.4 Å². The molecule has 0 saturated carbocycles. The van der Waals surface area contributed by atoms with Crippen molar-refractivity contribution in [3.8, 4) is 0 Å². The van der Waals surface area contributed by atoms with Crippen LogP contribution in [0.25, 0.3) is 0 Å². The van der Waals surface area contributed by atoms with Gasteiger partial charge in [-0.3, -0.25) is 0 Å². The van der Waals surface area contributed by atoms with Crippen molar-refractivity contribution in [3.63, 3.8) is 0 Å². The second-order valence-corrected chi connectivity index (χ2v) is 2.35. The molecule has 0 unspecified atom stereocenters. The third kappa shape index (κ3) is 26.2. The van der Waals surface area contributed by atoms with E-state index in [-0.39, 0.29) is 0 Å². The van der Waals surface area contributed by atoms with Crippen molar-refractivity contribution >= 4 is 0 Å². The van der Waals surface area contributed by atoms with Gasteiger partial charge in [0.2, 0.25) is 0 Å². The van der Waals surface area contributed by atoms with Crippen LogP contribution in [0.4, 0.5) is 0 Å². The van der Waals surface area contributed by atoms with Crippen molar-refractivity contribution in [1.82, 2.24) is 0 Å². The molecule has 0 amide bonds. The first kappa shape index (κ1) is 26.1. The Morgan fingerprint density at radius 2 is 1.37 bits per heavy atom. The zero-order chi connectivity index (χ0) is 16.1. The van der Waals surface area contributed by atoms with Crippen LogP contribution in [-0.4, -0.2) is 0 Å². The van der Waals surface area contributed by atoms with Crippen LogP contribution >= 0.6 is 0 Å². The minimum Gasteiger partial charge on any atom is -0.458 e. The summed E-state index contributed by atoms with van der Waals surface area (Å²) in [6, 6.07) is 0. The Balaban J connectivity index is -0.000000163. The van der Waals surface area contributed by atoms with Gasteiger partial charge in [0, 0.05) is 0 Å². The van der Waals surface area contributed by atoms with Crippen LogP contribution in [0, 0.1) is 0 Å². The predicted molar refractivity (Wildman–Crippen MR) is 92.2 cm³/mol. The van der Waals surface area contributed by atoms with E-state index >= 15 is 0 Å². The van der Waals surface area contributed by atoms with Crippen LogP contribution in [-0.2, 0) is 4.74 Å². The molecule has 19 heavy (non-hydrogen) atoms. The number of hydrogen-bond acceptors (Lipinski definition) is 1. The van der Waals surface area contributed by atoms with Crippen LogP contribution in [0.5, 0.6) is 0 Å². The van der Waals surface area contributed by atoms with Crippen LogP contribution < -0.4 is 0 Å². The Bertz CT molecular complexity index is 255. The first-order valence-electron chi connectivity index (χ1n) is 7.19. The Hall–Kier alpha value is -1.50. The largest absolute Gasteiger partial charge is 0.458 e. The molecule has 0 heterocycles. The quantitative estimate of drug-likeness (QED) is 0.392. The zero-order valence-electron chi connectivity index (χ0n) is 14.3. The topological polar surface area (TPSA) is 9.23 Å². The lowest BCUT2D eigenvalue weighted by molar-refractivity contribution is 0.337. The fraction of sp³-hybridized carbons (Fsp3) is 0.444. The molecule has 0 bridgehead atoms. The monoisotopic (exact) mass is 266 g/mol. The fourth-order valence-electron chi connectivity index (χ4n) is 0.678. The molecule has 0 radical (unpaired) electrons. The average molecular weight is 266 g/mol. The average Bonchev–Trinajstić information content (AvgIpc) is 2.51.